The Morgan fingerprint density at radius 2 is 2.12 bits per heavy atom. The number of carbonyl (C=O) groups is 1. The Morgan fingerprint density at radius 3 is 2.69 bits per heavy atom. The first-order chi connectivity index (χ1) is 7.65. The Bertz CT molecular complexity index is 367. The third kappa shape index (κ3) is 2.63. The Morgan fingerprint density at radius 1 is 1.44 bits per heavy atom. The van der Waals surface area contributed by atoms with E-state index >= 15 is 0 Å². The van der Waals surface area contributed by atoms with Gasteiger partial charge in [0.2, 0.25) is 0 Å². The number of hydrogen-bond acceptors (Lipinski definition) is 5. The fourth-order valence-corrected chi connectivity index (χ4v) is 2.14. The monoisotopic (exact) mass is 223 g/mol. The quantitative estimate of drug-likeness (QED) is 0.769. The summed E-state index contributed by atoms with van der Waals surface area (Å²) in [5, 5.41) is 11.5. The molecule has 0 saturated heterocycles. The number of aromatic nitrogens is 4. The van der Waals surface area contributed by atoms with E-state index in [4.69, 9.17) is 5.73 Å². The summed E-state index contributed by atoms with van der Waals surface area (Å²) in [7, 11) is 1.70. The highest BCUT2D eigenvalue weighted by Crippen LogP contribution is 2.24. The van der Waals surface area contributed by atoms with Crippen LogP contribution in [-0.2, 0) is 18.3 Å². The SMILES string of the molecule is Cn1nnc(CC(=O)C2CCC(N)CC2)n1. The lowest BCUT2D eigenvalue weighted by molar-refractivity contribution is -0.123. The molecular formula is C10H17N5O. The summed E-state index contributed by atoms with van der Waals surface area (Å²) < 4.78 is 0. The first-order valence-corrected chi connectivity index (χ1v) is 5.66. The number of carbonyl (C=O) groups excluding carboxylic acids is 1. The molecule has 0 radical (unpaired) electrons. The maximum absolute atomic E-state index is 11.9. The molecule has 88 valence electrons. The van der Waals surface area contributed by atoms with Crippen molar-refractivity contribution in [2.45, 2.75) is 38.1 Å². The van der Waals surface area contributed by atoms with E-state index < -0.39 is 0 Å². The van der Waals surface area contributed by atoms with Crippen LogP contribution >= 0.6 is 0 Å². The molecule has 0 aromatic carbocycles. The van der Waals surface area contributed by atoms with E-state index in [-0.39, 0.29) is 17.7 Å². The standard InChI is InChI=1S/C10H17N5O/c1-15-13-10(12-14-15)6-9(16)7-2-4-8(11)5-3-7/h7-8H,2-6,11H2,1H3. The molecule has 1 heterocycles. The molecule has 1 aliphatic rings. The second kappa shape index (κ2) is 4.69. The van der Waals surface area contributed by atoms with Crippen LogP contribution in [0.2, 0.25) is 0 Å². The molecule has 6 heteroatoms. The molecule has 0 bridgehead atoms. The van der Waals surface area contributed by atoms with Crippen molar-refractivity contribution >= 4 is 5.78 Å². The number of hydrogen-bond donors (Lipinski definition) is 1. The summed E-state index contributed by atoms with van der Waals surface area (Å²) in [4.78, 5) is 13.3. The predicted octanol–water partition coefficient (Wildman–Crippen LogP) is -0.161. The molecular weight excluding hydrogens is 206 g/mol. The Labute approximate surface area is 94.2 Å². The predicted molar refractivity (Wildman–Crippen MR) is 57.4 cm³/mol. The van der Waals surface area contributed by atoms with Crippen molar-refractivity contribution in [3.05, 3.63) is 5.82 Å². The lowest BCUT2D eigenvalue weighted by Gasteiger charge is -2.24. The van der Waals surface area contributed by atoms with Gasteiger partial charge >= 0.3 is 0 Å². The molecule has 2 rings (SSSR count). The average Bonchev–Trinajstić information content (AvgIpc) is 2.65. The van der Waals surface area contributed by atoms with Gasteiger partial charge in [-0.15, -0.1) is 10.2 Å². The normalized spacial score (nSPS) is 25.6. The molecule has 2 N–H and O–H groups in total. The van der Waals surface area contributed by atoms with E-state index in [0.717, 1.165) is 25.7 Å². The molecule has 1 aliphatic carbocycles. The zero-order valence-corrected chi connectivity index (χ0v) is 9.46. The fraction of sp³-hybridized carbons (Fsp3) is 0.800. The molecule has 1 aromatic heterocycles. The highest BCUT2D eigenvalue weighted by molar-refractivity contribution is 5.82. The smallest absolute Gasteiger partial charge is 0.182 e. The highest BCUT2D eigenvalue weighted by atomic mass is 16.1. The van der Waals surface area contributed by atoms with Crippen molar-refractivity contribution in [3.8, 4) is 0 Å². The first-order valence-electron chi connectivity index (χ1n) is 5.66. The Hall–Kier alpha value is -1.30. The molecule has 0 atom stereocenters. The second-order valence-electron chi connectivity index (χ2n) is 4.45. The van der Waals surface area contributed by atoms with Gasteiger partial charge in [0.1, 0.15) is 5.78 Å². The van der Waals surface area contributed by atoms with E-state index in [1.807, 2.05) is 0 Å². The molecule has 1 saturated carbocycles. The maximum atomic E-state index is 11.9. The van der Waals surface area contributed by atoms with Crippen molar-refractivity contribution in [3.63, 3.8) is 0 Å². The summed E-state index contributed by atoms with van der Waals surface area (Å²) in [6.45, 7) is 0. The Balaban J connectivity index is 1.88. The minimum absolute atomic E-state index is 0.142. The number of tetrazole rings is 1. The van der Waals surface area contributed by atoms with Gasteiger partial charge in [0, 0.05) is 12.0 Å². The van der Waals surface area contributed by atoms with Gasteiger partial charge in [0.25, 0.3) is 0 Å². The van der Waals surface area contributed by atoms with Crippen molar-refractivity contribution in [2.24, 2.45) is 18.7 Å². The lowest BCUT2D eigenvalue weighted by Crippen LogP contribution is -2.30. The topological polar surface area (TPSA) is 86.7 Å². The number of nitrogens with zero attached hydrogens (tertiary/aromatic N) is 4. The van der Waals surface area contributed by atoms with Gasteiger partial charge in [-0.1, -0.05) is 0 Å². The number of nitrogens with two attached hydrogens (primary N) is 1. The highest BCUT2D eigenvalue weighted by Gasteiger charge is 2.25. The van der Waals surface area contributed by atoms with Crippen molar-refractivity contribution in [2.75, 3.05) is 0 Å². The minimum atomic E-state index is 0.142. The summed E-state index contributed by atoms with van der Waals surface area (Å²) >= 11 is 0. The number of Topliss-reactive ketones (excluding diaryl/α,β-unsaturated/α-hetero) is 1. The maximum Gasteiger partial charge on any atom is 0.182 e. The zero-order valence-electron chi connectivity index (χ0n) is 9.46. The van der Waals surface area contributed by atoms with Crippen LogP contribution in [0.4, 0.5) is 0 Å². The summed E-state index contributed by atoms with van der Waals surface area (Å²) in [5.74, 6) is 0.880. The van der Waals surface area contributed by atoms with E-state index in [1.54, 1.807) is 7.05 Å². The molecule has 1 aromatic rings. The van der Waals surface area contributed by atoms with Gasteiger partial charge in [-0.3, -0.25) is 4.79 Å². The molecule has 1 fully saturated rings. The number of rotatable bonds is 3. The molecule has 0 aliphatic heterocycles. The van der Waals surface area contributed by atoms with Gasteiger partial charge in [-0.05, 0) is 30.9 Å². The number of aryl methyl sites for hydroxylation is 1. The first kappa shape index (κ1) is 11.2. The van der Waals surface area contributed by atoms with Crippen LogP contribution in [-0.4, -0.2) is 32.0 Å². The fourth-order valence-electron chi connectivity index (χ4n) is 2.14. The van der Waals surface area contributed by atoms with Gasteiger partial charge in [0.15, 0.2) is 5.82 Å². The molecule has 0 unspecified atom stereocenters. The van der Waals surface area contributed by atoms with E-state index in [2.05, 4.69) is 15.4 Å². The Kier molecular flexibility index (Phi) is 3.28. The largest absolute Gasteiger partial charge is 0.328 e. The second-order valence-corrected chi connectivity index (χ2v) is 4.45. The third-order valence-electron chi connectivity index (χ3n) is 3.11. The minimum Gasteiger partial charge on any atom is -0.328 e. The van der Waals surface area contributed by atoms with E-state index in [1.165, 1.54) is 4.80 Å². The molecule has 0 spiro atoms. The van der Waals surface area contributed by atoms with Gasteiger partial charge in [0.05, 0.1) is 13.5 Å². The lowest BCUT2D eigenvalue weighted by atomic mass is 9.83. The van der Waals surface area contributed by atoms with Crippen LogP contribution in [0.15, 0.2) is 0 Å². The van der Waals surface area contributed by atoms with Crippen LogP contribution in [0.1, 0.15) is 31.5 Å². The summed E-state index contributed by atoms with van der Waals surface area (Å²) in [5.41, 5.74) is 5.80. The van der Waals surface area contributed by atoms with Crippen LogP contribution < -0.4 is 5.73 Å². The third-order valence-corrected chi connectivity index (χ3v) is 3.11. The van der Waals surface area contributed by atoms with Crippen LogP contribution in [0.5, 0.6) is 0 Å². The van der Waals surface area contributed by atoms with E-state index in [0.29, 0.717) is 12.2 Å². The van der Waals surface area contributed by atoms with Crippen LogP contribution in [0.3, 0.4) is 0 Å². The molecule has 0 amide bonds. The zero-order chi connectivity index (χ0) is 11.5. The van der Waals surface area contributed by atoms with Crippen LogP contribution in [0, 0.1) is 5.92 Å². The van der Waals surface area contributed by atoms with Gasteiger partial charge < -0.3 is 5.73 Å². The van der Waals surface area contributed by atoms with Gasteiger partial charge in [-0.2, -0.15) is 4.80 Å². The average molecular weight is 223 g/mol. The van der Waals surface area contributed by atoms with Crippen molar-refractivity contribution in [1.29, 1.82) is 0 Å². The summed E-state index contributed by atoms with van der Waals surface area (Å²) in [6, 6.07) is 0.277. The van der Waals surface area contributed by atoms with Gasteiger partial charge in [-0.25, -0.2) is 0 Å². The van der Waals surface area contributed by atoms with Crippen molar-refractivity contribution < 1.29 is 4.79 Å². The molecule has 6 nitrogen and oxygen atoms in total. The van der Waals surface area contributed by atoms with Crippen LogP contribution in [0.25, 0.3) is 0 Å². The summed E-state index contributed by atoms with van der Waals surface area (Å²) in [6.07, 6.45) is 4.00. The number of ketones is 1. The molecule has 16 heavy (non-hydrogen) atoms. The van der Waals surface area contributed by atoms with Crippen molar-refractivity contribution in [1.82, 2.24) is 20.2 Å². The van der Waals surface area contributed by atoms with E-state index in [9.17, 15) is 4.79 Å².